The summed E-state index contributed by atoms with van der Waals surface area (Å²) < 4.78 is 11.9. The molecule has 1 aromatic carbocycles. The van der Waals surface area contributed by atoms with Crippen molar-refractivity contribution in [2.75, 3.05) is 18.5 Å². The Kier molecular flexibility index (Phi) is 5.81. The van der Waals surface area contributed by atoms with Gasteiger partial charge in [-0.2, -0.15) is 0 Å². The molecule has 2 bridgehead atoms. The van der Waals surface area contributed by atoms with E-state index in [9.17, 15) is 0 Å². The molecule has 2 aromatic rings. The smallest absolute Gasteiger partial charge is 0.221 e. The third-order valence-corrected chi connectivity index (χ3v) is 6.87. The largest absolute Gasteiger partial charge is 0.474 e. The lowest BCUT2D eigenvalue weighted by Gasteiger charge is -2.39. The van der Waals surface area contributed by atoms with E-state index in [1.807, 2.05) is 13.0 Å². The fourth-order valence-electron chi connectivity index (χ4n) is 4.66. The number of hydrogen-bond donors (Lipinski definition) is 2. The molecular weight excluding hydrogens is 400 g/mol. The number of benzene rings is 1. The second-order valence-electron chi connectivity index (χ2n) is 8.90. The first-order valence-corrected chi connectivity index (χ1v) is 11.4. The molecule has 1 aromatic heterocycles. The zero-order chi connectivity index (χ0) is 20.5. The third-order valence-electron chi connectivity index (χ3n) is 6.56. The van der Waals surface area contributed by atoms with Crippen LogP contribution in [0.4, 0.5) is 11.5 Å². The van der Waals surface area contributed by atoms with Crippen molar-refractivity contribution in [3.8, 4) is 5.88 Å². The summed E-state index contributed by atoms with van der Waals surface area (Å²) in [6.45, 7) is 3.49. The van der Waals surface area contributed by atoms with E-state index < -0.39 is 0 Å². The van der Waals surface area contributed by atoms with Crippen molar-refractivity contribution < 1.29 is 9.47 Å². The SMILES string of the molecule is Cc1c(Nc2ccc(CC3CCC3)cc2Cl)ncnc1OC1CC2COCC(C1)N2. The minimum absolute atomic E-state index is 0.140. The van der Waals surface area contributed by atoms with Crippen LogP contribution >= 0.6 is 11.6 Å². The van der Waals surface area contributed by atoms with Crippen LogP contribution < -0.4 is 15.4 Å². The fourth-order valence-corrected chi connectivity index (χ4v) is 4.91. The Morgan fingerprint density at radius 3 is 2.70 bits per heavy atom. The molecule has 3 aliphatic rings. The van der Waals surface area contributed by atoms with Gasteiger partial charge in [0.2, 0.25) is 5.88 Å². The highest BCUT2D eigenvalue weighted by molar-refractivity contribution is 6.33. The minimum atomic E-state index is 0.140. The first-order chi connectivity index (χ1) is 14.6. The van der Waals surface area contributed by atoms with E-state index in [4.69, 9.17) is 21.1 Å². The van der Waals surface area contributed by atoms with Gasteiger partial charge < -0.3 is 20.1 Å². The summed E-state index contributed by atoms with van der Waals surface area (Å²) in [5.41, 5.74) is 3.06. The molecule has 2 aliphatic heterocycles. The summed E-state index contributed by atoms with van der Waals surface area (Å²) in [6, 6.07) is 7.01. The number of aromatic nitrogens is 2. The van der Waals surface area contributed by atoms with Crippen LogP contribution in [0.1, 0.15) is 43.2 Å². The lowest BCUT2D eigenvalue weighted by molar-refractivity contribution is -0.0134. The summed E-state index contributed by atoms with van der Waals surface area (Å²) in [5, 5.41) is 7.68. The number of nitrogens with one attached hydrogen (secondary N) is 2. The molecule has 0 radical (unpaired) electrons. The van der Waals surface area contributed by atoms with Crippen LogP contribution in [0.25, 0.3) is 0 Å². The Bertz CT molecular complexity index is 893. The molecule has 2 atom stereocenters. The van der Waals surface area contributed by atoms with Crippen molar-refractivity contribution in [1.82, 2.24) is 15.3 Å². The van der Waals surface area contributed by atoms with Crippen LogP contribution in [0, 0.1) is 12.8 Å². The number of nitrogens with zero attached hydrogens (tertiary/aromatic N) is 2. The predicted octanol–water partition coefficient (Wildman–Crippen LogP) is 4.42. The van der Waals surface area contributed by atoms with Gasteiger partial charge in [-0.3, -0.25) is 0 Å². The Balaban J connectivity index is 1.27. The highest BCUT2D eigenvalue weighted by Crippen LogP contribution is 2.34. The van der Waals surface area contributed by atoms with E-state index in [-0.39, 0.29) is 6.10 Å². The predicted molar refractivity (Wildman–Crippen MR) is 118 cm³/mol. The summed E-state index contributed by atoms with van der Waals surface area (Å²) >= 11 is 6.57. The van der Waals surface area contributed by atoms with Crippen LogP contribution in [0.5, 0.6) is 5.88 Å². The minimum Gasteiger partial charge on any atom is -0.474 e. The summed E-state index contributed by atoms with van der Waals surface area (Å²) in [4.78, 5) is 8.82. The molecule has 2 saturated heterocycles. The standard InChI is InChI=1S/C23H29ClN4O2/c1-14-22(28-21-6-5-16(8-20(21)24)7-15-3-2-4-15)25-13-26-23(14)30-19-9-17-11-29-12-18(10-19)27-17/h5-6,8,13,15,17-19,27H,2-4,7,9-12H2,1H3,(H,25,26,28). The monoisotopic (exact) mass is 428 g/mol. The van der Waals surface area contributed by atoms with Crippen LogP contribution in [0.2, 0.25) is 5.02 Å². The van der Waals surface area contributed by atoms with Gasteiger partial charge in [0, 0.05) is 24.9 Å². The third kappa shape index (κ3) is 4.41. The number of hydrogen-bond acceptors (Lipinski definition) is 6. The van der Waals surface area contributed by atoms with Gasteiger partial charge in [0.25, 0.3) is 0 Å². The molecule has 3 heterocycles. The van der Waals surface area contributed by atoms with E-state index >= 15 is 0 Å². The second kappa shape index (κ2) is 8.69. The Morgan fingerprint density at radius 1 is 1.20 bits per heavy atom. The fraction of sp³-hybridized carbons (Fsp3) is 0.565. The van der Waals surface area contributed by atoms with E-state index in [0.717, 1.165) is 60.5 Å². The van der Waals surface area contributed by atoms with E-state index in [1.165, 1.54) is 24.8 Å². The highest BCUT2D eigenvalue weighted by Gasteiger charge is 2.33. The van der Waals surface area contributed by atoms with Gasteiger partial charge >= 0.3 is 0 Å². The summed E-state index contributed by atoms with van der Waals surface area (Å²) in [7, 11) is 0. The molecule has 2 N–H and O–H groups in total. The van der Waals surface area contributed by atoms with Gasteiger partial charge in [-0.25, -0.2) is 9.97 Å². The highest BCUT2D eigenvalue weighted by atomic mass is 35.5. The Labute approximate surface area is 182 Å². The quantitative estimate of drug-likeness (QED) is 0.709. The number of morpholine rings is 1. The summed E-state index contributed by atoms with van der Waals surface area (Å²) in [6.07, 6.45) is 8.71. The maximum Gasteiger partial charge on any atom is 0.221 e. The number of piperidine rings is 1. The van der Waals surface area contributed by atoms with Crippen molar-refractivity contribution in [2.45, 2.75) is 63.6 Å². The molecule has 0 amide bonds. The lowest BCUT2D eigenvalue weighted by atomic mass is 9.81. The number of rotatable bonds is 6. The topological polar surface area (TPSA) is 68.3 Å². The van der Waals surface area contributed by atoms with Crippen LogP contribution in [0.3, 0.4) is 0 Å². The van der Waals surface area contributed by atoms with Gasteiger partial charge in [0.1, 0.15) is 18.2 Å². The second-order valence-corrected chi connectivity index (χ2v) is 9.31. The van der Waals surface area contributed by atoms with E-state index in [2.05, 4.69) is 32.7 Å². The van der Waals surface area contributed by atoms with Gasteiger partial charge in [0.05, 0.1) is 29.5 Å². The Hall–Kier alpha value is -1.89. The van der Waals surface area contributed by atoms with Crippen LogP contribution in [-0.4, -0.2) is 41.4 Å². The van der Waals surface area contributed by atoms with Gasteiger partial charge in [-0.05, 0) is 37.0 Å². The number of halogens is 1. The normalized spacial score (nSPS) is 26.1. The molecule has 7 heteroatoms. The maximum absolute atomic E-state index is 6.57. The summed E-state index contributed by atoms with van der Waals surface area (Å²) in [5.74, 6) is 2.19. The van der Waals surface area contributed by atoms with Crippen molar-refractivity contribution in [1.29, 1.82) is 0 Å². The molecule has 1 saturated carbocycles. The van der Waals surface area contributed by atoms with Gasteiger partial charge in [-0.1, -0.05) is 36.9 Å². The molecular formula is C23H29ClN4O2. The van der Waals surface area contributed by atoms with Crippen LogP contribution in [0.15, 0.2) is 24.5 Å². The molecule has 5 rings (SSSR count). The molecule has 0 spiro atoms. The number of ether oxygens (including phenoxy) is 2. The molecule has 1 aliphatic carbocycles. The average Bonchev–Trinajstić information content (AvgIpc) is 2.69. The lowest BCUT2D eigenvalue weighted by Crippen LogP contribution is -2.56. The van der Waals surface area contributed by atoms with Crippen molar-refractivity contribution >= 4 is 23.1 Å². The van der Waals surface area contributed by atoms with Crippen molar-refractivity contribution in [3.63, 3.8) is 0 Å². The van der Waals surface area contributed by atoms with E-state index in [0.29, 0.717) is 18.0 Å². The zero-order valence-electron chi connectivity index (χ0n) is 17.4. The maximum atomic E-state index is 6.57. The molecule has 6 nitrogen and oxygen atoms in total. The van der Waals surface area contributed by atoms with Crippen molar-refractivity contribution in [3.05, 3.63) is 40.7 Å². The van der Waals surface area contributed by atoms with Crippen molar-refractivity contribution in [2.24, 2.45) is 5.92 Å². The molecule has 2 unspecified atom stereocenters. The zero-order valence-corrected chi connectivity index (χ0v) is 18.1. The number of anilines is 2. The van der Waals surface area contributed by atoms with Crippen LogP contribution in [-0.2, 0) is 11.2 Å². The van der Waals surface area contributed by atoms with E-state index in [1.54, 1.807) is 6.33 Å². The Morgan fingerprint density at radius 2 is 2.00 bits per heavy atom. The van der Waals surface area contributed by atoms with Gasteiger partial charge in [0.15, 0.2) is 0 Å². The average molecular weight is 429 g/mol. The molecule has 160 valence electrons. The molecule has 30 heavy (non-hydrogen) atoms. The molecule has 3 fully saturated rings. The number of fused-ring (bicyclic) bond motifs is 2. The first-order valence-electron chi connectivity index (χ1n) is 11.0. The first kappa shape index (κ1) is 20.0. The van der Waals surface area contributed by atoms with Gasteiger partial charge in [-0.15, -0.1) is 0 Å².